The van der Waals surface area contributed by atoms with Crippen LogP contribution in [0.15, 0.2) is 22.7 Å². The van der Waals surface area contributed by atoms with Crippen LogP contribution in [0.5, 0.6) is 0 Å². The van der Waals surface area contributed by atoms with Gasteiger partial charge in [0.1, 0.15) is 16.6 Å². The Morgan fingerprint density at radius 1 is 1.44 bits per heavy atom. The third kappa shape index (κ3) is 2.84. The van der Waals surface area contributed by atoms with Crippen molar-refractivity contribution >= 4 is 23.0 Å². The number of hydrogen-bond acceptors (Lipinski definition) is 5. The summed E-state index contributed by atoms with van der Waals surface area (Å²) in [4.78, 5) is 8.79. The van der Waals surface area contributed by atoms with Gasteiger partial charge in [-0.1, -0.05) is 12.2 Å². The van der Waals surface area contributed by atoms with Crippen molar-refractivity contribution in [3.63, 3.8) is 0 Å². The number of nitrogens with zero attached hydrogens (tertiary/aromatic N) is 2. The fraction of sp³-hybridized carbons (Fsp3) is 0.250. The molecule has 0 atom stereocenters. The number of aryl methyl sites for hydroxylation is 2. The summed E-state index contributed by atoms with van der Waals surface area (Å²) in [7, 11) is 0. The van der Waals surface area contributed by atoms with Gasteiger partial charge in [0.05, 0.1) is 18.3 Å². The predicted molar refractivity (Wildman–Crippen MR) is 73.4 cm³/mol. The molecule has 0 aromatic carbocycles. The van der Waals surface area contributed by atoms with E-state index in [4.69, 9.17) is 22.4 Å². The molecule has 0 radical (unpaired) electrons. The topological polar surface area (TPSA) is 77.0 Å². The molecule has 0 amide bonds. The van der Waals surface area contributed by atoms with Crippen molar-refractivity contribution in [2.24, 2.45) is 5.73 Å². The maximum atomic E-state index is 5.65. The van der Waals surface area contributed by atoms with Crippen molar-refractivity contribution in [3.05, 3.63) is 41.2 Å². The zero-order valence-corrected chi connectivity index (χ0v) is 11.0. The first kappa shape index (κ1) is 12.5. The van der Waals surface area contributed by atoms with Crippen LogP contribution in [-0.2, 0) is 6.54 Å². The normalized spacial score (nSPS) is 10.3. The average Bonchev–Trinajstić information content (AvgIpc) is 2.72. The second-order valence-electron chi connectivity index (χ2n) is 3.93. The lowest BCUT2D eigenvalue weighted by molar-refractivity contribution is 0.479. The molecule has 94 valence electrons. The lowest BCUT2D eigenvalue weighted by Gasteiger charge is -2.09. The van der Waals surface area contributed by atoms with Gasteiger partial charge in [-0.2, -0.15) is 0 Å². The summed E-state index contributed by atoms with van der Waals surface area (Å²) in [6.45, 7) is 4.20. The summed E-state index contributed by atoms with van der Waals surface area (Å²) in [5, 5.41) is 3.13. The molecule has 0 bridgehead atoms. The van der Waals surface area contributed by atoms with Gasteiger partial charge in [0.2, 0.25) is 5.89 Å². The summed E-state index contributed by atoms with van der Waals surface area (Å²) < 4.78 is 5.37. The largest absolute Gasteiger partial charge is 0.444 e. The SMILES string of the molecule is Cc1ccc(C(N)=S)c(NCc2ncc(C)o2)n1. The molecule has 5 nitrogen and oxygen atoms in total. The smallest absolute Gasteiger partial charge is 0.213 e. The first-order valence-corrected chi connectivity index (χ1v) is 5.89. The van der Waals surface area contributed by atoms with Gasteiger partial charge in [-0.05, 0) is 26.0 Å². The Balaban J connectivity index is 2.17. The number of rotatable bonds is 4. The van der Waals surface area contributed by atoms with E-state index >= 15 is 0 Å². The maximum Gasteiger partial charge on any atom is 0.213 e. The van der Waals surface area contributed by atoms with Crippen LogP contribution in [0, 0.1) is 13.8 Å². The summed E-state index contributed by atoms with van der Waals surface area (Å²) in [5.41, 5.74) is 7.26. The van der Waals surface area contributed by atoms with Gasteiger partial charge >= 0.3 is 0 Å². The highest BCUT2D eigenvalue weighted by Gasteiger charge is 2.08. The van der Waals surface area contributed by atoms with Crippen molar-refractivity contribution < 1.29 is 4.42 Å². The number of nitrogens with one attached hydrogen (secondary N) is 1. The van der Waals surface area contributed by atoms with Crippen molar-refractivity contribution in [1.29, 1.82) is 0 Å². The second kappa shape index (κ2) is 5.14. The molecular formula is C12H14N4OS. The predicted octanol–water partition coefficient (Wildman–Crippen LogP) is 1.93. The van der Waals surface area contributed by atoms with E-state index in [1.54, 1.807) is 6.20 Å². The van der Waals surface area contributed by atoms with E-state index in [1.807, 2.05) is 26.0 Å². The summed E-state index contributed by atoms with van der Waals surface area (Å²) in [6.07, 6.45) is 1.68. The van der Waals surface area contributed by atoms with Crippen molar-refractivity contribution in [3.8, 4) is 0 Å². The lowest BCUT2D eigenvalue weighted by Crippen LogP contribution is -2.14. The molecule has 0 unspecified atom stereocenters. The number of nitrogens with two attached hydrogens (primary N) is 1. The fourth-order valence-electron chi connectivity index (χ4n) is 1.53. The van der Waals surface area contributed by atoms with E-state index in [0.717, 1.165) is 17.0 Å². The van der Waals surface area contributed by atoms with Crippen molar-refractivity contribution in [2.45, 2.75) is 20.4 Å². The molecule has 2 rings (SSSR count). The molecular weight excluding hydrogens is 248 g/mol. The summed E-state index contributed by atoms with van der Waals surface area (Å²) >= 11 is 4.99. The van der Waals surface area contributed by atoms with Crippen LogP contribution >= 0.6 is 12.2 Å². The molecule has 18 heavy (non-hydrogen) atoms. The highest BCUT2D eigenvalue weighted by molar-refractivity contribution is 7.80. The Bertz CT molecular complexity index is 579. The quantitative estimate of drug-likeness (QED) is 0.820. The van der Waals surface area contributed by atoms with Gasteiger partial charge in [0.15, 0.2) is 0 Å². The molecule has 2 aromatic heterocycles. The molecule has 0 aliphatic heterocycles. The second-order valence-corrected chi connectivity index (χ2v) is 4.37. The Labute approximate surface area is 110 Å². The zero-order valence-electron chi connectivity index (χ0n) is 10.2. The van der Waals surface area contributed by atoms with Crippen molar-refractivity contribution in [2.75, 3.05) is 5.32 Å². The van der Waals surface area contributed by atoms with E-state index in [0.29, 0.717) is 23.2 Å². The molecule has 0 fully saturated rings. The number of aromatic nitrogens is 2. The standard InChI is InChI=1S/C12H14N4OS/c1-7-3-4-9(11(13)18)12(16-7)15-6-10-14-5-8(2)17-10/h3-5H,6H2,1-2H3,(H2,13,18)(H,15,16). The maximum absolute atomic E-state index is 5.65. The zero-order chi connectivity index (χ0) is 13.1. The van der Waals surface area contributed by atoms with Gasteiger partial charge in [0.25, 0.3) is 0 Å². The third-order valence-electron chi connectivity index (χ3n) is 2.38. The Morgan fingerprint density at radius 2 is 2.22 bits per heavy atom. The van der Waals surface area contributed by atoms with Crippen LogP contribution in [0.4, 0.5) is 5.82 Å². The first-order chi connectivity index (χ1) is 8.56. The van der Waals surface area contributed by atoms with Crippen LogP contribution in [0.2, 0.25) is 0 Å². The van der Waals surface area contributed by atoms with Crippen molar-refractivity contribution in [1.82, 2.24) is 9.97 Å². The molecule has 3 N–H and O–H groups in total. The van der Waals surface area contributed by atoms with Crippen LogP contribution in [0.3, 0.4) is 0 Å². The van der Waals surface area contributed by atoms with Crippen LogP contribution < -0.4 is 11.1 Å². The van der Waals surface area contributed by atoms with Gasteiger partial charge in [-0.15, -0.1) is 0 Å². The summed E-state index contributed by atoms with van der Waals surface area (Å²) in [5.74, 6) is 2.03. The third-order valence-corrected chi connectivity index (χ3v) is 2.60. The monoisotopic (exact) mass is 262 g/mol. The molecule has 0 saturated carbocycles. The fourth-order valence-corrected chi connectivity index (χ4v) is 1.70. The minimum Gasteiger partial charge on any atom is -0.444 e. The van der Waals surface area contributed by atoms with E-state index in [9.17, 15) is 0 Å². The average molecular weight is 262 g/mol. The molecule has 0 spiro atoms. The number of oxazole rings is 1. The van der Waals surface area contributed by atoms with Gasteiger partial charge < -0.3 is 15.5 Å². The van der Waals surface area contributed by atoms with E-state index < -0.39 is 0 Å². The van der Waals surface area contributed by atoms with E-state index in [-0.39, 0.29) is 0 Å². The minimum absolute atomic E-state index is 0.314. The van der Waals surface area contributed by atoms with E-state index in [2.05, 4.69) is 15.3 Å². The van der Waals surface area contributed by atoms with Gasteiger partial charge in [0, 0.05) is 5.69 Å². The summed E-state index contributed by atoms with van der Waals surface area (Å²) in [6, 6.07) is 3.72. The highest BCUT2D eigenvalue weighted by atomic mass is 32.1. The number of thiocarbonyl (C=S) groups is 1. The molecule has 0 aliphatic carbocycles. The van der Waals surface area contributed by atoms with Gasteiger partial charge in [-0.25, -0.2) is 9.97 Å². The van der Waals surface area contributed by atoms with Gasteiger partial charge in [-0.3, -0.25) is 0 Å². The number of anilines is 1. The molecule has 0 saturated heterocycles. The molecule has 2 heterocycles. The Morgan fingerprint density at radius 3 is 2.83 bits per heavy atom. The molecule has 2 aromatic rings. The Kier molecular flexibility index (Phi) is 3.57. The molecule has 0 aliphatic rings. The van der Waals surface area contributed by atoms with Crippen LogP contribution in [0.1, 0.15) is 22.9 Å². The number of hydrogen-bond donors (Lipinski definition) is 2. The lowest BCUT2D eigenvalue weighted by atomic mass is 10.2. The van der Waals surface area contributed by atoms with Crippen LogP contribution in [0.25, 0.3) is 0 Å². The first-order valence-electron chi connectivity index (χ1n) is 5.49. The van der Waals surface area contributed by atoms with Crippen LogP contribution in [-0.4, -0.2) is 15.0 Å². The number of pyridine rings is 1. The minimum atomic E-state index is 0.314. The Hall–Kier alpha value is -1.95. The highest BCUT2D eigenvalue weighted by Crippen LogP contribution is 2.14. The molecule has 6 heteroatoms. The van der Waals surface area contributed by atoms with E-state index in [1.165, 1.54) is 0 Å².